The summed E-state index contributed by atoms with van der Waals surface area (Å²) >= 11 is 1.39. The van der Waals surface area contributed by atoms with Gasteiger partial charge in [-0.1, -0.05) is 12.0 Å². The summed E-state index contributed by atoms with van der Waals surface area (Å²) in [6.45, 7) is 3.99. The minimum atomic E-state index is 0.241. The van der Waals surface area contributed by atoms with Crippen molar-refractivity contribution >= 4 is 28.5 Å². The molecule has 0 fully saturated rings. The van der Waals surface area contributed by atoms with Gasteiger partial charge in [0.05, 0.1) is 6.21 Å². The number of hydrazone groups is 1. The minimum Gasteiger partial charge on any atom is -0.481 e. The van der Waals surface area contributed by atoms with E-state index >= 15 is 0 Å². The molecule has 0 aliphatic rings. The number of hydrogen-bond acceptors (Lipinski definition) is 6. The molecular weight excluding hydrogens is 296 g/mol. The summed E-state index contributed by atoms with van der Waals surface area (Å²) < 4.78 is 5.50. The first-order chi connectivity index (χ1) is 10.7. The Hall–Kier alpha value is -2.78. The van der Waals surface area contributed by atoms with E-state index in [4.69, 9.17) is 16.9 Å². The van der Waals surface area contributed by atoms with Crippen LogP contribution in [0.3, 0.4) is 0 Å². The van der Waals surface area contributed by atoms with E-state index in [1.807, 2.05) is 24.3 Å². The zero-order valence-electron chi connectivity index (χ0n) is 12.0. The molecule has 0 amide bonds. The summed E-state index contributed by atoms with van der Waals surface area (Å²) in [5, 5.41) is 6.53. The maximum absolute atomic E-state index is 5.54. The molecule has 0 unspecified atom stereocenters. The SMILES string of the molecule is C#CCOc1ccc(C=NNc2nc(N)cs2)cc1CC=C. The predicted octanol–water partition coefficient (Wildman–Crippen LogP) is 2.91. The average molecular weight is 312 g/mol. The van der Waals surface area contributed by atoms with Crippen LogP contribution in [0.4, 0.5) is 10.9 Å². The molecule has 2 rings (SSSR count). The normalized spacial score (nSPS) is 10.3. The van der Waals surface area contributed by atoms with Gasteiger partial charge >= 0.3 is 0 Å². The largest absolute Gasteiger partial charge is 0.481 e. The Balaban J connectivity index is 2.08. The molecule has 0 radical (unpaired) electrons. The van der Waals surface area contributed by atoms with Crippen molar-refractivity contribution in [3.63, 3.8) is 0 Å². The molecule has 22 heavy (non-hydrogen) atoms. The number of rotatable bonds is 7. The fourth-order valence-corrected chi connectivity index (χ4v) is 2.30. The molecule has 3 N–H and O–H groups in total. The number of aromatic nitrogens is 1. The number of ether oxygens (including phenoxy) is 1. The topological polar surface area (TPSA) is 72.5 Å². The molecular formula is C16H16N4OS. The Bertz CT molecular complexity index is 715. The zero-order valence-corrected chi connectivity index (χ0v) is 12.8. The van der Waals surface area contributed by atoms with Gasteiger partial charge in [0.25, 0.3) is 0 Å². The molecule has 1 aromatic heterocycles. The van der Waals surface area contributed by atoms with E-state index in [9.17, 15) is 0 Å². The van der Waals surface area contributed by atoms with Crippen LogP contribution in [0.5, 0.6) is 5.75 Å². The third kappa shape index (κ3) is 4.36. The highest BCUT2D eigenvalue weighted by atomic mass is 32.1. The third-order valence-electron chi connectivity index (χ3n) is 2.66. The minimum absolute atomic E-state index is 0.241. The Morgan fingerprint density at radius 2 is 2.41 bits per heavy atom. The molecule has 6 heteroatoms. The van der Waals surface area contributed by atoms with E-state index in [1.54, 1.807) is 11.6 Å². The summed E-state index contributed by atoms with van der Waals surface area (Å²) in [7, 11) is 0. The van der Waals surface area contributed by atoms with Gasteiger partial charge in [0.15, 0.2) is 0 Å². The van der Waals surface area contributed by atoms with Crippen LogP contribution in [-0.2, 0) is 6.42 Å². The number of terminal acetylenes is 1. The van der Waals surface area contributed by atoms with Crippen LogP contribution in [-0.4, -0.2) is 17.8 Å². The van der Waals surface area contributed by atoms with Gasteiger partial charge in [-0.2, -0.15) is 5.10 Å². The molecule has 0 aliphatic carbocycles. The van der Waals surface area contributed by atoms with Gasteiger partial charge in [-0.05, 0) is 35.7 Å². The van der Waals surface area contributed by atoms with E-state index in [0.717, 1.165) is 16.9 Å². The zero-order chi connectivity index (χ0) is 15.8. The van der Waals surface area contributed by atoms with Crippen molar-refractivity contribution in [2.75, 3.05) is 17.8 Å². The van der Waals surface area contributed by atoms with Crippen molar-refractivity contribution < 1.29 is 4.74 Å². The van der Waals surface area contributed by atoms with Crippen LogP contribution in [0.1, 0.15) is 11.1 Å². The van der Waals surface area contributed by atoms with Crippen LogP contribution in [0, 0.1) is 12.3 Å². The van der Waals surface area contributed by atoms with Crippen molar-refractivity contribution in [2.24, 2.45) is 5.10 Å². The van der Waals surface area contributed by atoms with Crippen molar-refractivity contribution in [3.8, 4) is 18.1 Å². The average Bonchev–Trinajstić information content (AvgIpc) is 2.92. The second-order valence-corrected chi connectivity index (χ2v) is 5.16. The fraction of sp³-hybridized carbons (Fsp3) is 0.125. The first-order valence-electron chi connectivity index (χ1n) is 6.53. The maximum atomic E-state index is 5.54. The van der Waals surface area contributed by atoms with Crippen LogP contribution in [0.25, 0.3) is 0 Å². The van der Waals surface area contributed by atoms with Crippen LogP contribution in [0.2, 0.25) is 0 Å². The summed E-state index contributed by atoms with van der Waals surface area (Å²) in [6, 6.07) is 5.76. The third-order valence-corrected chi connectivity index (χ3v) is 3.42. The lowest BCUT2D eigenvalue weighted by atomic mass is 10.1. The highest BCUT2D eigenvalue weighted by molar-refractivity contribution is 7.14. The monoisotopic (exact) mass is 312 g/mol. The van der Waals surface area contributed by atoms with Gasteiger partial charge in [-0.25, -0.2) is 4.98 Å². The Kier molecular flexibility index (Phi) is 5.57. The number of anilines is 2. The van der Waals surface area contributed by atoms with Crippen molar-refractivity contribution in [1.82, 2.24) is 4.98 Å². The number of hydrogen-bond donors (Lipinski definition) is 2. The number of nitrogens with zero attached hydrogens (tertiary/aromatic N) is 2. The van der Waals surface area contributed by atoms with E-state index in [-0.39, 0.29) is 6.61 Å². The molecule has 1 aromatic carbocycles. The van der Waals surface area contributed by atoms with Crippen LogP contribution >= 0.6 is 11.3 Å². The number of nitrogens with two attached hydrogens (primary N) is 1. The van der Waals surface area contributed by atoms with Gasteiger partial charge in [0.2, 0.25) is 5.13 Å². The van der Waals surface area contributed by atoms with Gasteiger partial charge in [0, 0.05) is 5.38 Å². The highest BCUT2D eigenvalue weighted by Gasteiger charge is 2.03. The summed E-state index contributed by atoms with van der Waals surface area (Å²) in [6.07, 6.45) is 9.43. The summed E-state index contributed by atoms with van der Waals surface area (Å²) in [5.41, 5.74) is 10.3. The van der Waals surface area contributed by atoms with Crippen LogP contribution < -0.4 is 15.9 Å². The van der Waals surface area contributed by atoms with E-state index in [2.05, 4.69) is 28.0 Å². The Morgan fingerprint density at radius 1 is 1.55 bits per heavy atom. The van der Waals surface area contributed by atoms with E-state index in [1.165, 1.54) is 11.3 Å². The second-order valence-electron chi connectivity index (χ2n) is 4.30. The lowest BCUT2D eigenvalue weighted by Gasteiger charge is -2.09. The molecule has 112 valence electrons. The van der Waals surface area contributed by atoms with Gasteiger partial charge in [-0.15, -0.1) is 24.3 Å². The number of benzene rings is 1. The highest BCUT2D eigenvalue weighted by Crippen LogP contribution is 2.21. The maximum Gasteiger partial charge on any atom is 0.205 e. The molecule has 0 saturated carbocycles. The van der Waals surface area contributed by atoms with Gasteiger partial charge in [0.1, 0.15) is 18.2 Å². The molecule has 0 aliphatic heterocycles. The fourth-order valence-electron chi connectivity index (χ4n) is 1.75. The van der Waals surface area contributed by atoms with Crippen molar-refractivity contribution in [2.45, 2.75) is 6.42 Å². The molecule has 0 atom stereocenters. The Labute approximate surface area is 133 Å². The molecule has 0 bridgehead atoms. The molecule has 0 saturated heterocycles. The Morgan fingerprint density at radius 3 is 3.09 bits per heavy atom. The van der Waals surface area contributed by atoms with Crippen LogP contribution in [0.15, 0.2) is 41.3 Å². The molecule has 2 aromatic rings. The predicted molar refractivity (Wildman–Crippen MR) is 92.4 cm³/mol. The number of nitrogen functional groups attached to an aromatic ring is 1. The van der Waals surface area contributed by atoms with E-state index < -0.39 is 0 Å². The lowest BCUT2D eigenvalue weighted by molar-refractivity contribution is 0.367. The lowest BCUT2D eigenvalue weighted by Crippen LogP contribution is -1.99. The standard InChI is InChI=1S/C16H16N4OS/c1-3-5-13-9-12(6-7-14(13)21-8-4-2)10-18-20-16-19-15(17)11-22-16/h2-3,6-7,9-11H,1,5,8,17H2,(H,19,20). The molecule has 5 nitrogen and oxygen atoms in total. The summed E-state index contributed by atoms with van der Waals surface area (Å²) in [5.74, 6) is 3.69. The molecule has 1 heterocycles. The first kappa shape index (κ1) is 15.6. The van der Waals surface area contributed by atoms with Gasteiger partial charge in [-0.3, -0.25) is 5.43 Å². The summed E-state index contributed by atoms with van der Waals surface area (Å²) in [4.78, 5) is 4.06. The number of allylic oxidation sites excluding steroid dienone is 1. The van der Waals surface area contributed by atoms with Crippen molar-refractivity contribution in [1.29, 1.82) is 0 Å². The quantitative estimate of drug-likeness (QED) is 0.357. The molecule has 0 spiro atoms. The first-order valence-corrected chi connectivity index (χ1v) is 7.41. The van der Waals surface area contributed by atoms with Gasteiger partial charge < -0.3 is 10.5 Å². The van der Waals surface area contributed by atoms with Crippen molar-refractivity contribution in [3.05, 3.63) is 47.4 Å². The second kappa shape index (κ2) is 7.86. The number of thiazole rings is 1. The number of nitrogens with one attached hydrogen (secondary N) is 1. The van der Waals surface area contributed by atoms with E-state index in [0.29, 0.717) is 17.4 Å². The smallest absolute Gasteiger partial charge is 0.205 e.